The third kappa shape index (κ3) is 2.65. The highest BCUT2D eigenvalue weighted by molar-refractivity contribution is 5.84. The number of phenols is 1. The van der Waals surface area contributed by atoms with Gasteiger partial charge in [-0.05, 0) is 55.5 Å². The predicted octanol–water partition coefficient (Wildman–Crippen LogP) is 3.53. The highest BCUT2D eigenvalue weighted by atomic mass is 16.5. The zero-order valence-corrected chi connectivity index (χ0v) is 11.9. The molecule has 4 heteroatoms. The quantitative estimate of drug-likeness (QED) is 0.720. The van der Waals surface area contributed by atoms with Crippen LogP contribution < -0.4 is 10.5 Å². The van der Waals surface area contributed by atoms with Crippen LogP contribution in [0.2, 0.25) is 0 Å². The van der Waals surface area contributed by atoms with E-state index < -0.39 is 0 Å². The second kappa shape index (κ2) is 5.40. The summed E-state index contributed by atoms with van der Waals surface area (Å²) in [5, 5.41) is 10.4. The molecule has 3 N–H and O–H groups in total. The number of benzene rings is 2. The van der Waals surface area contributed by atoms with Crippen LogP contribution >= 0.6 is 0 Å². The lowest BCUT2D eigenvalue weighted by molar-refractivity contribution is 0.295. The van der Waals surface area contributed by atoms with Crippen molar-refractivity contribution >= 4 is 16.6 Å². The lowest BCUT2D eigenvalue weighted by atomic mass is 10.2. The molecule has 0 atom stereocenters. The van der Waals surface area contributed by atoms with Crippen LogP contribution in [-0.2, 0) is 13.2 Å². The molecule has 1 heterocycles. The topological polar surface area (TPSA) is 60.4 Å². The van der Waals surface area contributed by atoms with Crippen molar-refractivity contribution in [3.05, 3.63) is 54.2 Å². The molecule has 1 aromatic heterocycles. The number of aryl methyl sites for hydroxylation is 1. The standard InChI is InChI=1S/C17H18N2O2/c1-2-19-14(10-12-9-13(18)3-8-17(12)19)11-21-16-6-4-15(20)5-7-16/h3-10,20H,2,11,18H2,1H3. The number of aromatic nitrogens is 1. The molecule has 2 aromatic carbocycles. The lowest BCUT2D eigenvalue weighted by Gasteiger charge is -2.10. The molecule has 0 saturated carbocycles. The number of nitrogen functional groups attached to an aromatic ring is 1. The number of phenolic OH excluding ortho intramolecular Hbond substituents is 1. The Bertz CT molecular complexity index is 760. The number of ether oxygens (including phenoxy) is 1. The van der Waals surface area contributed by atoms with E-state index in [1.54, 1.807) is 24.3 Å². The monoisotopic (exact) mass is 282 g/mol. The van der Waals surface area contributed by atoms with Gasteiger partial charge in [0.05, 0.1) is 5.69 Å². The number of hydrogen-bond acceptors (Lipinski definition) is 3. The zero-order valence-electron chi connectivity index (χ0n) is 11.9. The largest absolute Gasteiger partial charge is 0.508 e. The highest BCUT2D eigenvalue weighted by Crippen LogP contribution is 2.24. The van der Waals surface area contributed by atoms with Gasteiger partial charge < -0.3 is 20.1 Å². The van der Waals surface area contributed by atoms with Gasteiger partial charge in [-0.15, -0.1) is 0 Å². The SMILES string of the molecule is CCn1c(COc2ccc(O)cc2)cc2cc(N)ccc21. The van der Waals surface area contributed by atoms with Gasteiger partial charge in [0.15, 0.2) is 0 Å². The van der Waals surface area contributed by atoms with Gasteiger partial charge in [-0.3, -0.25) is 0 Å². The molecule has 0 bridgehead atoms. The van der Waals surface area contributed by atoms with Crippen molar-refractivity contribution in [3.8, 4) is 11.5 Å². The summed E-state index contributed by atoms with van der Waals surface area (Å²) in [6, 6.07) is 14.8. The minimum atomic E-state index is 0.237. The van der Waals surface area contributed by atoms with Crippen LogP contribution in [0.3, 0.4) is 0 Å². The molecule has 21 heavy (non-hydrogen) atoms. The third-order valence-electron chi connectivity index (χ3n) is 3.55. The van der Waals surface area contributed by atoms with Gasteiger partial charge in [0.1, 0.15) is 18.1 Å². The van der Waals surface area contributed by atoms with Gasteiger partial charge in [0.2, 0.25) is 0 Å². The van der Waals surface area contributed by atoms with E-state index in [1.165, 1.54) is 0 Å². The molecule has 0 fully saturated rings. The third-order valence-corrected chi connectivity index (χ3v) is 3.55. The predicted molar refractivity (Wildman–Crippen MR) is 84.5 cm³/mol. The van der Waals surface area contributed by atoms with Crippen LogP contribution in [0.15, 0.2) is 48.5 Å². The molecular weight excluding hydrogens is 264 g/mol. The summed E-state index contributed by atoms with van der Waals surface area (Å²) in [4.78, 5) is 0. The molecule has 0 spiro atoms. The molecule has 0 amide bonds. The second-order valence-corrected chi connectivity index (χ2v) is 4.98. The molecule has 0 aliphatic carbocycles. The maximum absolute atomic E-state index is 9.27. The van der Waals surface area contributed by atoms with Gasteiger partial charge in [-0.25, -0.2) is 0 Å². The Labute approximate surface area is 123 Å². The number of aromatic hydroxyl groups is 1. The first kappa shape index (κ1) is 13.4. The molecule has 0 radical (unpaired) electrons. The fraction of sp³-hybridized carbons (Fsp3) is 0.176. The van der Waals surface area contributed by atoms with Crippen LogP contribution in [0.4, 0.5) is 5.69 Å². The Morgan fingerprint density at radius 1 is 1.10 bits per heavy atom. The summed E-state index contributed by atoms with van der Waals surface area (Å²) in [5.41, 5.74) is 8.87. The van der Waals surface area contributed by atoms with Gasteiger partial charge in [0, 0.05) is 23.1 Å². The van der Waals surface area contributed by atoms with E-state index in [-0.39, 0.29) is 5.75 Å². The highest BCUT2D eigenvalue weighted by Gasteiger charge is 2.08. The zero-order chi connectivity index (χ0) is 14.8. The van der Waals surface area contributed by atoms with E-state index in [0.29, 0.717) is 6.61 Å². The van der Waals surface area contributed by atoms with E-state index in [4.69, 9.17) is 10.5 Å². The molecule has 3 rings (SSSR count). The summed E-state index contributed by atoms with van der Waals surface area (Å²) in [6.45, 7) is 3.47. The number of rotatable bonds is 4. The van der Waals surface area contributed by atoms with Crippen LogP contribution in [0, 0.1) is 0 Å². The first-order valence-electron chi connectivity index (χ1n) is 6.97. The van der Waals surface area contributed by atoms with Crippen molar-refractivity contribution in [1.82, 2.24) is 4.57 Å². The number of nitrogens with two attached hydrogens (primary N) is 1. The van der Waals surface area contributed by atoms with Gasteiger partial charge in [0.25, 0.3) is 0 Å². The first-order chi connectivity index (χ1) is 10.2. The average Bonchev–Trinajstić information content (AvgIpc) is 2.83. The number of anilines is 1. The van der Waals surface area contributed by atoms with Gasteiger partial charge >= 0.3 is 0 Å². The molecule has 0 aliphatic rings. The van der Waals surface area contributed by atoms with Crippen molar-refractivity contribution in [1.29, 1.82) is 0 Å². The van der Waals surface area contributed by atoms with Crippen molar-refractivity contribution < 1.29 is 9.84 Å². The molecule has 108 valence electrons. The molecule has 4 nitrogen and oxygen atoms in total. The van der Waals surface area contributed by atoms with Crippen molar-refractivity contribution in [2.24, 2.45) is 0 Å². The summed E-state index contributed by atoms with van der Waals surface area (Å²) in [6.07, 6.45) is 0. The molecule has 0 aliphatic heterocycles. The van der Waals surface area contributed by atoms with E-state index in [9.17, 15) is 5.11 Å². The molecule has 3 aromatic rings. The maximum atomic E-state index is 9.27. The normalized spacial score (nSPS) is 10.9. The number of hydrogen-bond donors (Lipinski definition) is 2. The first-order valence-corrected chi connectivity index (χ1v) is 6.97. The smallest absolute Gasteiger partial charge is 0.128 e. The Balaban J connectivity index is 1.87. The Hall–Kier alpha value is -2.62. The van der Waals surface area contributed by atoms with Crippen molar-refractivity contribution in [2.45, 2.75) is 20.1 Å². The number of nitrogens with zero attached hydrogens (tertiary/aromatic N) is 1. The molecule has 0 unspecified atom stereocenters. The summed E-state index contributed by atoms with van der Waals surface area (Å²) < 4.78 is 8.00. The van der Waals surface area contributed by atoms with Crippen LogP contribution in [0.1, 0.15) is 12.6 Å². The minimum absolute atomic E-state index is 0.237. The Morgan fingerprint density at radius 3 is 2.57 bits per heavy atom. The fourth-order valence-corrected chi connectivity index (χ4v) is 2.54. The summed E-state index contributed by atoms with van der Waals surface area (Å²) in [7, 11) is 0. The van der Waals surface area contributed by atoms with Crippen molar-refractivity contribution in [3.63, 3.8) is 0 Å². The fourth-order valence-electron chi connectivity index (χ4n) is 2.54. The summed E-state index contributed by atoms with van der Waals surface area (Å²) >= 11 is 0. The number of fused-ring (bicyclic) bond motifs is 1. The Morgan fingerprint density at radius 2 is 1.86 bits per heavy atom. The van der Waals surface area contributed by atoms with E-state index in [2.05, 4.69) is 17.6 Å². The van der Waals surface area contributed by atoms with E-state index in [0.717, 1.165) is 34.6 Å². The van der Waals surface area contributed by atoms with Crippen LogP contribution in [0.5, 0.6) is 11.5 Å². The second-order valence-electron chi connectivity index (χ2n) is 4.98. The molecule has 0 saturated heterocycles. The van der Waals surface area contributed by atoms with E-state index >= 15 is 0 Å². The van der Waals surface area contributed by atoms with E-state index in [1.807, 2.05) is 18.2 Å². The maximum Gasteiger partial charge on any atom is 0.128 e. The molecular formula is C17H18N2O2. The van der Waals surface area contributed by atoms with Gasteiger partial charge in [-0.1, -0.05) is 0 Å². The van der Waals surface area contributed by atoms with Crippen LogP contribution in [0.25, 0.3) is 10.9 Å². The van der Waals surface area contributed by atoms with Crippen LogP contribution in [-0.4, -0.2) is 9.67 Å². The minimum Gasteiger partial charge on any atom is -0.508 e. The summed E-state index contributed by atoms with van der Waals surface area (Å²) in [5.74, 6) is 0.973. The van der Waals surface area contributed by atoms with Crippen molar-refractivity contribution in [2.75, 3.05) is 5.73 Å². The average molecular weight is 282 g/mol. The lowest BCUT2D eigenvalue weighted by Crippen LogP contribution is -2.04. The Kier molecular flexibility index (Phi) is 3.44. The van der Waals surface area contributed by atoms with Gasteiger partial charge in [-0.2, -0.15) is 0 Å².